The number of carbonyl (C=O) groups is 1. The molecule has 1 fully saturated rings. The van der Waals surface area contributed by atoms with Crippen LogP contribution < -0.4 is 0 Å². The average molecular weight is 292 g/mol. The molecule has 21 heavy (non-hydrogen) atoms. The Balaban J connectivity index is 1.83. The van der Waals surface area contributed by atoms with E-state index in [-0.39, 0.29) is 11.9 Å². The maximum Gasteiger partial charge on any atom is 0.276 e. The van der Waals surface area contributed by atoms with Gasteiger partial charge in [0.2, 0.25) is 0 Å². The molecule has 1 aromatic heterocycles. The molecule has 2 heterocycles. The van der Waals surface area contributed by atoms with Gasteiger partial charge in [0.05, 0.1) is 12.2 Å². The Morgan fingerprint density at radius 2 is 1.86 bits per heavy atom. The Morgan fingerprint density at radius 1 is 1.14 bits per heavy atom. The Kier molecular flexibility index (Phi) is 3.37. The van der Waals surface area contributed by atoms with E-state index in [0.29, 0.717) is 19.0 Å². The largest absolute Gasteiger partial charge is 0.330 e. The molecule has 1 saturated heterocycles. The second-order valence-corrected chi connectivity index (χ2v) is 4.84. The molecule has 6 heteroatoms. The Bertz CT molecular complexity index is 688. The minimum absolute atomic E-state index is 0.232. The number of aromatic nitrogens is 1. The number of amides is 1. The molecule has 1 aliphatic heterocycles. The van der Waals surface area contributed by atoms with Crippen molar-refractivity contribution in [2.24, 2.45) is 0 Å². The van der Waals surface area contributed by atoms with Gasteiger partial charge in [-0.3, -0.25) is 4.79 Å². The van der Waals surface area contributed by atoms with E-state index in [1.807, 2.05) is 0 Å². The first-order chi connectivity index (χ1) is 10.1. The number of likely N-dealkylation sites (tertiary alicyclic amines) is 1. The van der Waals surface area contributed by atoms with E-state index >= 15 is 0 Å². The second-order valence-electron chi connectivity index (χ2n) is 4.84. The van der Waals surface area contributed by atoms with Gasteiger partial charge in [0, 0.05) is 12.6 Å². The van der Waals surface area contributed by atoms with E-state index < -0.39 is 23.2 Å². The smallest absolute Gasteiger partial charge is 0.276 e. The normalized spacial score (nSPS) is 17.5. The number of halogens is 3. The van der Waals surface area contributed by atoms with Crippen molar-refractivity contribution < 1.29 is 18.0 Å². The van der Waals surface area contributed by atoms with Crippen LogP contribution in [-0.2, 0) is 0 Å². The molecule has 1 aromatic carbocycles. The lowest BCUT2D eigenvalue weighted by Gasteiger charge is -2.41. The van der Waals surface area contributed by atoms with Gasteiger partial charge in [-0.2, -0.15) is 0 Å². The van der Waals surface area contributed by atoms with E-state index in [2.05, 4.69) is 4.98 Å². The van der Waals surface area contributed by atoms with Gasteiger partial charge in [-0.05, 0) is 24.1 Å². The highest BCUT2D eigenvalue weighted by Crippen LogP contribution is 2.34. The fourth-order valence-corrected chi connectivity index (χ4v) is 2.37. The molecule has 0 aliphatic carbocycles. The van der Waals surface area contributed by atoms with Crippen LogP contribution in [0, 0.1) is 17.5 Å². The summed E-state index contributed by atoms with van der Waals surface area (Å²) in [6.07, 6.45) is 1.52. The van der Waals surface area contributed by atoms with Gasteiger partial charge < -0.3 is 4.90 Å². The van der Waals surface area contributed by atoms with Gasteiger partial charge in [0.25, 0.3) is 5.91 Å². The van der Waals surface area contributed by atoms with Gasteiger partial charge >= 0.3 is 0 Å². The molecule has 1 atom stereocenters. The quantitative estimate of drug-likeness (QED) is 0.852. The number of carbonyl (C=O) groups excluding carboxylic acids is 1. The first-order valence-electron chi connectivity index (χ1n) is 6.44. The first-order valence-corrected chi connectivity index (χ1v) is 6.44. The van der Waals surface area contributed by atoms with Gasteiger partial charge in [-0.1, -0.05) is 12.1 Å². The van der Waals surface area contributed by atoms with Crippen LogP contribution in [0.3, 0.4) is 0 Å². The van der Waals surface area contributed by atoms with Crippen molar-refractivity contribution in [3.05, 3.63) is 65.2 Å². The lowest BCUT2D eigenvalue weighted by molar-refractivity contribution is 0.0448. The van der Waals surface area contributed by atoms with Crippen molar-refractivity contribution in [1.82, 2.24) is 9.88 Å². The third kappa shape index (κ3) is 2.49. The number of hydrogen-bond acceptors (Lipinski definition) is 2. The molecule has 0 spiro atoms. The molecule has 2 aromatic rings. The minimum Gasteiger partial charge on any atom is -0.330 e. The van der Waals surface area contributed by atoms with Gasteiger partial charge in [-0.15, -0.1) is 0 Å². The van der Waals surface area contributed by atoms with Gasteiger partial charge in [0.1, 0.15) is 11.6 Å². The zero-order valence-electron chi connectivity index (χ0n) is 10.9. The number of nitrogens with zero attached hydrogens (tertiary/aromatic N) is 2. The molecule has 0 bridgehead atoms. The SMILES string of the molecule is O=C(c1ncc(F)cc1F)N1CC[C@@H]1c1ccc(F)cc1. The van der Waals surface area contributed by atoms with Crippen LogP contribution in [0.5, 0.6) is 0 Å². The van der Waals surface area contributed by atoms with E-state index in [4.69, 9.17) is 0 Å². The molecule has 1 aliphatic rings. The van der Waals surface area contributed by atoms with Crippen LogP contribution in [0.4, 0.5) is 13.2 Å². The lowest BCUT2D eigenvalue weighted by atomic mass is 9.94. The van der Waals surface area contributed by atoms with Crippen molar-refractivity contribution in [3.8, 4) is 0 Å². The van der Waals surface area contributed by atoms with E-state index in [1.165, 1.54) is 17.0 Å². The maximum atomic E-state index is 13.6. The molecule has 0 unspecified atom stereocenters. The van der Waals surface area contributed by atoms with Crippen molar-refractivity contribution in [1.29, 1.82) is 0 Å². The average Bonchev–Trinajstić information content (AvgIpc) is 2.40. The van der Waals surface area contributed by atoms with Gasteiger partial charge in [-0.25, -0.2) is 18.2 Å². The third-order valence-corrected chi connectivity index (χ3v) is 3.55. The van der Waals surface area contributed by atoms with E-state index in [0.717, 1.165) is 11.8 Å². The fourth-order valence-electron chi connectivity index (χ4n) is 2.37. The zero-order valence-corrected chi connectivity index (χ0v) is 10.9. The van der Waals surface area contributed by atoms with Crippen LogP contribution in [0.2, 0.25) is 0 Å². The zero-order chi connectivity index (χ0) is 15.0. The molecule has 0 radical (unpaired) electrons. The summed E-state index contributed by atoms with van der Waals surface area (Å²) in [7, 11) is 0. The number of rotatable bonds is 2. The number of hydrogen-bond donors (Lipinski definition) is 0. The molecular weight excluding hydrogens is 281 g/mol. The van der Waals surface area contributed by atoms with E-state index in [1.54, 1.807) is 12.1 Å². The lowest BCUT2D eigenvalue weighted by Crippen LogP contribution is -2.45. The summed E-state index contributed by atoms with van der Waals surface area (Å²) in [5.41, 5.74) is 0.377. The summed E-state index contributed by atoms with van der Waals surface area (Å²) >= 11 is 0. The van der Waals surface area contributed by atoms with Crippen molar-refractivity contribution in [3.63, 3.8) is 0 Å². The van der Waals surface area contributed by atoms with Crippen LogP contribution in [0.25, 0.3) is 0 Å². The number of benzene rings is 1. The third-order valence-electron chi connectivity index (χ3n) is 3.55. The van der Waals surface area contributed by atoms with E-state index in [9.17, 15) is 18.0 Å². The summed E-state index contributed by atoms with van der Waals surface area (Å²) < 4.78 is 39.3. The summed E-state index contributed by atoms with van der Waals surface area (Å²) in [6.45, 7) is 0.458. The standard InChI is InChI=1S/C15H11F3N2O/c16-10-3-1-9(2-4-10)13-5-6-20(13)15(21)14-12(18)7-11(17)8-19-14/h1-4,7-8,13H,5-6H2/t13-/m1/s1. The van der Waals surface area contributed by atoms with Crippen LogP contribution in [0.1, 0.15) is 28.5 Å². The number of pyridine rings is 1. The van der Waals surface area contributed by atoms with Crippen molar-refractivity contribution in [2.45, 2.75) is 12.5 Å². The summed E-state index contributed by atoms with van der Waals surface area (Å²) in [6, 6.07) is 6.21. The van der Waals surface area contributed by atoms with Gasteiger partial charge in [0.15, 0.2) is 11.5 Å². The molecule has 0 saturated carbocycles. The molecule has 0 N–H and O–H groups in total. The molecule has 108 valence electrons. The van der Waals surface area contributed by atoms with Crippen LogP contribution >= 0.6 is 0 Å². The van der Waals surface area contributed by atoms with Crippen LogP contribution in [0.15, 0.2) is 36.5 Å². The second kappa shape index (κ2) is 5.20. The molecule has 3 nitrogen and oxygen atoms in total. The Hall–Kier alpha value is -2.37. The first kappa shape index (κ1) is 13.6. The summed E-state index contributed by atoms with van der Waals surface area (Å²) in [4.78, 5) is 17.2. The Labute approximate surface area is 119 Å². The Morgan fingerprint density at radius 3 is 2.43 bits per heavy atom. The highest BCUT2D eigenvalue weighted by Gasteiger charge is 2.35. The fraction of sp³-hybridized carbons (Fsp3) is 0.200. The predicted molar refractivity (Wildman–Crippen MR) is 68.9 cm³/mol. The predicted octanol–water partition coefficient (Wildman–Crippen LogP) is 3.09. The van der Waals surface area contributed by atoms with Crippen molar-refractivity contribution in [2.75, 3.05) is 6.54 Å². The highest BCUT2D eigenvalue weighted by molar-refractivity contribution is 5.93. The maximum absolute atomic E-state index is 13.6. The molecule has 3 rings (SSSR count). The minimum atomic E-state index is -0.982. The topological polar surface area (TPSA) is 33.2 Å². The monoisotopic (exact) mass is 292 g/mol. The molecule has 1 amide bonds. The van der Waals surface area contributed by atoms with Crippen molar-refractivity contribution >= 4 is 5.91 Å². The summed E-state index contributed by atoms with van der Waals surface area (Å²) in [5.74, 6) is -2.76. The molecular formula is C15H11F3N2O. The van der Waals surface area contributed by atoms with Crippen LogP contribution in [-0.4, -0.2) is 22.3 Å². The highest BCUT2D eigenvalue weighted by atomic mass is 19.1. The summed E-state index contributed by atoms with van der Waals surface area (Å²) in [5, 5.41) is 0.